The van der Waals surface area contributed by atoms with Crippen LogP contribution in [-0.2, 0) is 0 Å². The van der Waals surface area contributed by atoms with E-state index in [2.05, 4.69) is 10.5 Å². The van der Waals surface area contributed by atoms with Gasteiger partial charge in [-0.05, 0) is 43.3 Å². The molecular formula is C18H14N2O5. The fraction of sp³-hybridized carbons (Fsp3) is 0.0556. The van der Waals surface area contributed by atoms with Gasteiger partial charge in [0.25, 0.3) is 0 Å². The molecule has 25 heavy (non-hydrogen) atoms. The third kappa shape index (κ3) is 3.84. The van der Waals surface area contributed by atoms with Gasteiger partial charge in [0.05, 0.1) is 11.8 Å². The summed E-state index contributed by atoms with van der Waals surface area (Å²) >= 11 is 0. The van der Waals surface area contributed by atoms with Crippen molar-refractivity contribution in [1.82, 2.24) is 5.43 Å². The van der Waals surface area contributed by atoms with Crippen molar-refractivity contribution in [3.8, 4) is 11.3 Å². The van der Waals surface area contributed by atoms with E-state index >= 15 is 0 Å². The molecule has 2 heterocycles. The third-order valence-corrected chi connectivity index (χ3v) is 3.37. The molecule has 0 saturated heterocycles. The average Bonchev–Trinajstić information content (AvgIpc) is 3.24. The zero-order valence-corrected chi connectivity index (χ0v) is 13.2. The number of nitrogens with one attached hydrogen (secondary N) is 1. The Morgan fingerprint density at radius 3 is 2.44 bits per heavy atom. The molecule has 0 spiro atoms. The standard InChI is InChI=1S/C18H14N2O5/c1-11-2-8-16(24-11)17(21)20-19-10-14-7-9-15(25-14)12-3-5-13(6-4-12)18(22)23/h2-10H,1H3,(H,20,21)(H,22,23). The minimum Gasteiger partial charge on any atom is -0.478 e. The largest absolute Gasteiger partial charge is 0.478 e. The number of carboxylic acids is 1. The Morgan fingerprint density at radius 1 is 1.04 bits per heavy atom. The number of benzene rings is 1. The maximum Gasteiger partial charge on any atom is 0.335 e. The topological polar surface area (TPSA) is 105 Å². The predicted octanol–water partition coefficient (Wildman–Crippen LogP) is 3.31. The fourth-order valence-electron chi connectivity index (χ4n) is 2.12. The van der Waals surface area contributed by atoms with Crippen LogP contribution in [0, 0.1) is 6.92 Å². The Balaban J connectivity index is 1.65. The van der Waals surface area contributed by atoms with E-state index in [1.807, 2.05) is 0 Å². The second-order valence-corrected chi connectivity index (χ2v) is 5.19. The van der Waals surface area contributed by atoms with Crippen LogP contribution in [0.2, 0.25) is 0 Å². The molecule has 0 atom stereocenters. The van der Waals surface area contributed by atoms with Gasteiger partial charge in [-0.3, -0.25) is 4.79 Å². The van der Waals surface area contributed by atoms with Crippen LogP contribution >= 0.6 is 0 Å². The van der Waals surface area contributed by atoms with E-state index in [0.717, 1.165) is 5.56 Å². The first-order valence-electron chi connectivity index (χ1n) is 7.36. The van der Waals surface area contributed by atoms with Crippen molar-refractivity contribution in [2.24, 2.45) is 5.10 Å². The van der Waals surface area contributed by atoms with Crippen LogP contribution in [0.25, 0.3) is 11.3 Å². The number of furan rings is 2. The summed E-state index contributed by atoms with van der Waals surface area (Å²) in [6.45, 7) is 1.74. The van der Waals surface area contributed by atoms with Crippen molar-refractivity contribution >= 4 is 18.1 Å². The van der Waals surface area contributed by atoms with E-state index in [9.17, 15) is 9.59 Å². The Morgan fingerprint density at radius 2 is 1.80 bits per heavy atom. The number of aryl methyl sites for hydroxylation is 1. The van der Waals surface area contributed by atoms with E-state index in [0.29, 0.717) is 17.3 Å². The molecule has 0 aliphatic heterocycles. The molecule has 2 aromatic heterocycles. The number of aromatic carboxylic acids is 1. The lowest BCUT2D eigenvalue weighted by molar-refractivity contribution is 0.0696. The molecule has 1 amide bonds. The summed E-state index contributed by atoms with van der Waals surface area (Å²) in [4.78, 5) is 22.6. The molecule has 3 aromatic rings. The first-order chi connectivity index (χ1) is 12.0. The molecule has 0 saturated carbocycles. The highest BCUT2D eigenvalue weighted by Crippen LogP contribution is 2.22. The second kappa shape index (κ2) is 6.88. The number of rotatable bonds is 5. The second-order valence-electron chi connectivity index (χ2n) is 5.19. The SMILES string of the molecule is Cc1ccc(C(=O)NN=Cc2ccc(-c3ccc(C(=O)O)cc3)o2)o1. The van der Waals surface area contributed by atoms with Crippen molar-refractivity contribution < 1.29 is 23.5 Å². The van der Waals surface area contributed by atoms with E-state index in [1.165, 1.54) is 18.3 Å². The van der Waals surface area contributed by atoms with Gasteiger partial charge in [-0.25, -0.2) is 10.2 Å². The molecule has 0 aliphatic carbocycles. The molecule has 2 N–H and O–H groups in total. The molecule has 3 rings (SSSR count). The summed E-state index contributed by atoms with van der Waals surface area (Å²) < 4.78 is 10.8. The lowest BCUT2D eigenvalue weighted by Gasteiger charge is -1.98. The van der Waals surface area contributed by atoms with Crippen LogP contribution in [0.3, 0.4) is 0 Å². The molecule has 0 aliphatic rings. The Hall–Kier alpha value is -3.61. The van der Waals surface area contributed by atoms with Crippen molar-refractivity contribution in [1.29, 1.82) is 0 Å². The van der Waals surface area contributed by atoms with Crippen LogP contribution in [0.15, 0.2) is 62.5 Å². The Bertz CT molecular complexity index is 935. The van der Waals surface area contributed by atoms with E-state index in [1.54, 1.807) is 43.3 Å². The van der Waals surface area contributed by atoms with Crippen molar-refractivity contribution in [2.75, 3.05) is 0 Å². The lowest BCUT2D eigenvalue weighted by Crippen LogP contribution is -2.16. The van der Waals surface area contributed by atoms with Gasteiger partial charge in [-0.15, -0.1) is 0 Å². The highest BCUT2D eigenvalue weighted by Gasteiger charge is 2.09. The number of nitrogens with zero attached hydrogens (tertiary/aromatic N) is 1. The van der Waals surface area contributed by atoms with Crippen LogP contribution in [0.5, 0.6) is 0 Å². The van der Waals surface area contributed by atoms with Crippen LogP contribution < -0.4 is 5.43 Å². The third-order valence-electron chi connectivity index (χ3n) is 3.37. The summed E-state index contributed by atoms with van der Waals surface area (Å²) in [5.74, 6) is 0.369. The van der Waals surface area contributed by atoms with Gasteiger partial charge in [0.1, 0.15) is 17.3 Å². The lowest BCUT2D eigenvalue weighted by atomic mass is 10.1. The molecule has 1 aromatic carbocycles. The highest BCUT2D eigenvalue weighted by atomic mass is 16.4. The molecule has 7 nitrogen and oxygen atoms in total. The van der Waals surface area contributed by atoms with E-state index < -0.39 is 11.9 Å². The summed E-state index contributed by atoms with van der Waals surface area (Å²) in [5.41, 5.74) is 3.28. The molecule has 0 bridgehead atoms. The fourth-order valence-corrected chi connectivity index (χ4v) is 2.12. The van der Waals surface area contributed by atoms with Crippen LogP contribution in [0.4, 0.5) is 0 Å². The maximum atomic E-state index is 11.8. The molecule has 126 valence electrons. The maximum absolute atomic E-state index is 11.8. The summed E-state index contributed by atoms with van der Waals surface area (Å²) in [7, 11) is 0. The number of carbonyl (C=O) groups excluding carboxylic acids is 1. The number of amides is 1. The monoisotopic (exact) mass is 338 g/mol. The highest BCUT2D eigenvalue weighted by molar-refractivity contribution is 5.92. The number of hydrogen-bond donors (Lipinski definition) is 2. The van der Waals surface area contributed by atoms with Gasteiger partial charge in [0.2, 0.25) is 0 Å². The van der Waals surface area contributed by atoms with Crippen molar-refractivity contribution in [3.05, 3.63) is 71.4 Å². The first kappa shape index (κ1) is 16.3. The molecular weight excluding hydrogens is 324 g/mol. The smallest absolute Gasteiger partial charge is 0.335 e. The van der Waals surface area contributed by atoms with E-state index in [4.69, 9.17) is 13.9 Å². The first-order valence-corrected chi connectivity index (χ1v) is 7.36. The van der Waals surface area contributed by atoms with Gasteiger partial charge in [0.15, 0.2) is 5.76 Å². The average molecular weight is 338 g/mol. The summed E-state index contributed by atoms with van der Waals surface area (Å²) in [5, 5.41) is 12.7. The normalized spacial score (nSPS) is 10.9. The van der Waals surface area contributed by atoms with Gasteiger partial charge < -0.3 is 13.9 Å². The zero-order valence-electron chi connectivity index (χ0n) is 13.2. The number of carboxylic acid groups (broad SMARTS) is 1. The van der Waals surface area contributed by atoms with Crippen LogP contribution in [0.1, 0.15) is 32.4 Å². The van der Waals surface area contributed by atoms with Gasteiger partial charge >= 0.3 is 11.9 Å². The molecule has 0 fully saturated rings. The zero-order chi connectivity index (χ0) is 17.8. The number of hydrazone groups is 1. The van der Waals surface area contributed by atoms with Gasteiger partial charge in [-0.1, -0.05) is 12.1 Å². The molecule has 7 heteroatoms. The molecule has 0 radical (unpaired) electrons. The van der Waals surface area contributed by atoms with Crippen molar-refractivity contribution in [3.63, 3.8) is 0 Å². The van der Waals surface area contributed by atoms with Gasteiger partial charge in [0, 0.05) is 5.56 Å². The number of hydrogen-bond acceptors (Lipinski definition) is 5. The van der Waals surface area contributed by atoms with Gasteiger partial charge in [-0.2, -0.15) is 5.10 Å². The Labute approximate surface area is 142 Å². The predicted molar refractivity (Wildman–Crippen MR) is 89.6 cm³/mol. The van der Waals surface area contributed by atoms with Crippen molar-refractivity contribution in [2.45, 2.75) is 6.92 Å². The summed E-state index contributed by atoms with van der Waals surface area (Å²) in [6, 6.07) is 13.0. The molecule has 0 unspecified atom stereocenters. The van der Waals surface area contributed by atoms with Crippen LogP contribution in [-0.4, -0.2) is 23.2 Å². The minimum atomic E-state index is -0.985. The van der Waals surface area contributed by atoms with E-state index in [-0.39, 0.29) is 11.3 Å². The minimum absolute atomic E-state index is 0.174. The number of carbonyl (C=O) groups is 2. The summed E-state index contributed by atoms with van der Waals surface area (Å²) in [6.07, 6.45) is 1.36. The quantitative estimate of drug-likeness (QED) is 0.548. The Kier molecular flexibility index (Phi) is 4.47.